The molecule has 2 unspecified atom stereocenters. The zero-order valence-electron chi connectivity index (χ0n) is 11.9. The minimum Gasteiger partial charge on any atom is -0.459 e. The van der Waals surface area contributed by atoms with Crippen LogP contribution in [0.5, 0.6) is 0 Å². The van der Waals surface area contributed by atoms with Gasteiger partial charge in [0.25, 0.3) is 0 Å². The zero-order chi connectivity index (χ0) is 14.1. The molecule has 0 aliphatic heterocycles. The molecule has 0 saturated heterocycles. The molecule has 4 heteroatoms. The predicted molar refractivity (Wildman–Crippen MR) is 83.0 cm³/mol. The number of hydrogen-bond acceptors (Lipinski definition) is 4. The highest BCUT2D eigenvalue weighted by atomic mass is 32.1. The summed E-state index contributed by atoms with van der Waals surface area (Å²) in [5, 5.41) is 5.80. The Morgan fingerprint density at radius 1 is 1.20 bits per heavy atom. The normalized spacial score (nSPS) is 14.6. The number of benzene rings is 1. The van der Waals surface area contributed by atoms with Crippen LogP contribution < -0.4 is 5.32 Å². The van der Waals surface area contributed by atoms with Crippen molar-refractivity contribution in [2.45, 2.75) is 32.9 Å². The minimum atomic E-state index is 0.154. The molecule has 0 fully saturated rings. The molecule has 0 saturated carbocycles. The monoisotopic (exact) mass is 286 g/mol. The van der Waals surface area contributed by atoms with Crippen molar-refractivity contribution < 1.29 is 4.42 Å². The molecule has 1 aromatic carbocycles. The van der Waals surface area contributed by atoms with E-state index >= 15 is 0 Å². The Balaban J connectivity index is 1.76. The number of thiazole rings is 1. The van der Waals surface area contributed by atoms with Crippen molar-refractivity contribution in [3.8, 4) is 0 Å². The van der Waals surface area contributed by atoms with Gasteiger partial charge in [0.05, 0.1) is 12.1 Å². The number of furan rings is 1. The molecule has 3 rings (SSSR count). The molecule has 20 heavy (non-hydrogen) atoms. The van der Waals surface area contributed by atoms with Gasteiger partial charge in [0.1, 0.15) is 16.4 Å². The Kier molecular flexibility index (Phi) is 3.59. The molecule has 3 nitrogen and oxygen atoms in total. The van der Waals surface area contributed by atoms with Crippen molar-refractivity contribution >= 4 is 22.3 Å². The van der Waals surface area contributed by atoms with E-state index in [1.165, 1.54) is 4.88 Å². The van der Waals surface area contributed by atoms with Crippen LogP contribution in [0.1, 0.15) is 41.6 Å². The fraction of sp³-hybridized carbons (Fsp3) is 0.312. The summed E-state index contributed by atoms with van der Waals surface area (Å²) in [6, 6.07) is 10.6. The van der Waals surface area contributed by atoms with E-state index in [4.69, 9.17) is 4.42 Å². The first kappa shape index (κ1) is 13.3. The summed E-state index contributed by atoms with van der Waals surface area (Å²) >= 11 is 1.73. The maximum Gasteiger partial charge on any atom is 0.134 e. The van der Waals surface area contributed by atoms with Gasteiger partial charge in [0.15, 0.2) is 0 Å². The van der Waals surface area contributed by atoms with Crippen molar-refractivity contribution in [1.82, 2.24) is 10.3 Å². The van der Waals surface area contributed by atoms with E-state index in [0.717, 1.165) is 21.7 Å². The molecule has 0 aliphatic rings. The summed E-state index contributed by atoms with van der Waals surface area (Å²) in [4.78, 5) is 5.67. The average Bonchev–Trinajstić information content (AvgIpc) is 3.04. The molecule has 0 aliphatic carbocycles. The Morgan fingerprint density at radius 2 is 2.00 bits per heavy atom. The van der Waals surface area contributed by atoms with E-state index in [1.54, 1.807) is 11.3 Å². The third kappa shape index (κ3) is 2.62. The van der Waals surface area contributed by atoms with Crippen LogP contribution in [-0.4, -0.2) is 4.98 Å². The molecule has 0 bridgehead atoms. The molecule has 1 N–H and O–H groups in total. The Morgan fingerprint density at radius 3 is 2.70 bits per heavy atom. The van der Waals surface area contributed by atoms with E-state index in [2.05, 4.69) is 43.2 Å². The van der Waals surface area contributed by atoms with Gasteiger partial charge in [0.2, 0.25) is 0 Å². The summed E-state index contributed by atoms with van der Waals surface area (Å²) in [5.74, 6) is 0.964. The third-order valence-corrected chi connectivity index (χ3v) is 4.48. The number of rotatable bonds is 4. The van der Waals surface area contributed by atoms with E-state index < -0.39 is 0 Å². The SMILES string of the molecule is Cc1cnc(C(C)NC(C)c2cc3ccccc3o2)s1. The summed E-state index contributed by atoms with van der Waals surface area (Å²) in [6.07, 6.45) is 1.92. The van der Waals surface area contributed by atoms with Gasteiger partial charge in [-0.15, -0.1) is 11.3 Å². The number of para-hydroxylation sites is 1. The molecule has 0 spiro atoms. The highest BCUT2D eigenvalue weighted by Gasteiger charge is 2.16. The van der Waals surface area contributed by atoms with Crippen LogP contribution in [0.4, 0.5) is 0 Å². The largest absolute Gasteiger partial charge is 0.459 e. The molecule has 2 atom stereocenters. The second-order valence-corrected chi connectivity index (χ2v) is 6.37. The minimum absolute atomic E-state index is 0.154. The number of nitrogens with zero attached hydrogens (tertiary/aromatic N) is 1. The zero-order valence-corrected chi connectivity index (χ0v) is 12.7. The summed E-state index contributed by atoms with van der Waals surface area (Å²) in [7, 11) is 0. The maximum absolute atomic E-state index is 5.89. The van der Waals surface area contributed by atoms with Gasteiger partial charge in [-0.3, -0.25) is 5.32 Å². The van der Waals surface area contributed by atoms with Crippen LogP contribution in [-0.2, 0) is 0 Å². The molecule has 104 valence electrons. The molecule has 0 amide bonds. The Labute approximate surface area is 122 Å². The molecule has 0 radical (unpaired) electrons. The van der Waals surface area contributed by atoms with Crippen molar-refractivity contribution in [2.24, 2.45) is 0 Å². The number of fused-ring (bicyclic) bond motifs is 1. The van der Waals surface area contributed by atoms with Crippen molar-refractivity contribution in [1.29, 1.82) is 0 Å². The topological polar surface area (TPSA) is 38.1 Å². The lowest BCUT2D eigenvalue weighted by atomic mass is 10.2. The standard InChI is InChI=1S/C16H18N2OS/c1-10-9-17-16(20-10)12(3)18-11(2)15-8-13-6-4-5-7-14(13)19-15/h4-9,11-12,18H,1-3H3. The van der Waals surface area contributed by atoms with E-state index in [1.807, 2.05) is 24.4 Å². The summed E-state index contributed by atoms with van der Waals surface area (Å²) in [6.45, 7) is 6.34. The van der Waals surface area contributed by atoms with Gasteiger partial charge >= 0.3 is 0 Å². The Hall–Kier alpha value is -1.65. The average molecular weight is 286 g/mol. The lowest BCUT2D eigenvalue weighted by molar-refractivity contribution is 0.416. The first-order chi connectivity index (χ1) is 9.63. The van der Waals surface area contributed by atoms with Crippen LogP contribution in [0.25, 0.3) is 11.0 Å². The quantitative estimate of drug-likeness (QED) is 0.761. The van der Waals surface area contributed by atoms with Crippen LogP contribution in [0.15, 0.2) is 40.9 Å². The van der Waals surface area contributed by atoms with E-state index in [9.17, 15) is 0 Å². The first-order valence-electron chi connectivity index (χ1n) is 6.80. The number of hydrogen-bond donors (Lipinski definition) is 1. The van der Waals surface area contributed by atoms with Gasteiger partial charge in [-0.1, -0.05) is 18.2 Å². The van der Waals surface area contributed by atoms with Gasteiger partial charge in [-0.25, -0.2) is 4.98 Å². The van der Waals surface area contributed by atoms with Gasteiger partial charge < -0.3 is 4.42 Å². The van der Waals surface area contributed by atoms with Crippen LogP contribution in [0, 0.1) is 6.92 Å². The lowest BCUT2D eigenvalue weighted by Gasteiger charge is -2.16. The fourth-order valence-electron chi connectivity index (χ4n) is 2.32. The third-order valence-electron chi connectivity index (χ3n) is 3.38. The van der Waals surface area contributed by atoms with E-state index in [-0.39, 0.29) is 12.1 Å². The first-order valence-corrected chi connectivity index (χ1v) is 7.62. The molecular weight excluding hydrogens is 268 g/mol. The van der Waals surface area contributed by atoms with Gasteiger partial charge in [-0.05, 0) is 32.9 Å². The summed E-state index contributed by atoms with van der Waals surface area (Å²) in [5.41, 5.74) is 0.939. The maximum atomic E-state index is 5.89. The molecule has 2 aromatic heterocycles. The van der Waals surface area contributed by atoms with Crippen molar-refractivity contribution in [3.63, 3.8) is 0 Å². The lowest BCUT2D eigenvalue weighted by Crippen LogP contribution is -2.21. The van der Waals surface area contributed by atoms with Crippen molar-refractivity contribution in [3.05, 3.63) is 52.2 Å². The van der Waals surface area contributed by atoms with Crippen LogP contribution in [0.2, 0.25) is 0 Å². The van der Waals surface area contributed by atoms with Crippen LogP contribution >= 0.6 is 11.3 Å². The molecule has 2 heterocycles. The smallest absolute Gasteiger partial charge is 0.134 e. The molecule has 3 aromatic rings. The van der Waals surface area contributed by atoms with Gasteiger partial charge in [0, 0.05) is 16.5 Å². The van der Waals surface area contributed by atoms with Gasteiger partial charge in [-0.2, -0.15) is 0 Å². The Bertz CT molecular complexity index is 683. The highest BCUT2D eigenvalue weighted by Crippen LogP contribution is 2.26. The van der Waals surface area contributed by atoms with Crippen molar-refractivity contribution in [2.75, 3.05) is 0 Å². The number of aromatic nitrogens is 1. The second kappa shape index (κ2) is 5.38. The number of aryl methyl sites for hydroxylation is 1. The van der Waals surface area contributed by atoms with E-state index in [0.29, 0.717) is 0 Å². The highest BCUT2D eigenvalue weighted by molar-refractivity contribution is 7.11. The molecular formula is C16H18N2OS. The second-order valence-electron chi connectivity index (χ2n) is 5.11. The summed E-state index contributed by atoms with van der Waals surface area (Å²) < 4.78 is 5.89. The predicted octanol–water partition coefficient (Wildman–Crippen LogP) is 4.61. The number of nitrogens with one attached hydrogen (secondary N) is 1. The van der Waals surface area contributed by atoms with Crippen LogP contribution in [0.3, 0.4) is 0 Å². The fourth-order valence-corrected chi connectivity index (χ4v) is 3.10.